The predicted molar refractivity (Wildman–Crippen MR) is 128 cm³/mol. The Hall–Kier alpha value is -1.30. The normalized spacial score (nSPS) is 21.1. The van der Waals surface area contributed by atoms with Gasteiger partial charge in [0.15, 0.2) is 5.96 Å². The molecule has 0 aromatic heterocycles. The van der Waals surface area contributed by atoms with Gasteiger partial charge in [-0.05, 0) is 31.0 Å². The van der Waals surface area contributed by atoms with E-state index in [2.05, 4.69) is 22.0 Å². The Bertz CT molecular complexity index is 663. The molecule has 2 N–H and O–H groups in total. The lowest BCUT2D eigenvalue weighted by Gasteiger charge is -2.32. The zero-order chi connectivity index (χ0) is 20.6. The molecule has 2 saturated heterocycles. The van der Waals surface area contributed by atoms with Gasteiger partial charge in [-0.25, -0.2) is 0 Å². The second-order valence-corrected chi connectivity index (χ2v) is 7.39. The first-order valence-electron chi connectivity index (χ1n) is 10.4. The van der Waals surface area contributed by atoms with Crippen molar-refractivity contribution < 1.29 is 19.3 Å². The van der Waals surface area contributed by atoms with Crippen molar-refractivity contribution in [2.45, 2.75) is 25.5 Å². The largest absolute Gasteiger partial charge is 0.497 e. The van der Waals surface area contributed by atoms with E-state index in [1.54, 1.807) is 20.3 Å². The molecule has 3 rings (SSSR count). The van der Waals surface area contributed by atoms with Crippen molar-refractivity contribution in [2.75, 3.05) is 66.7 Å². The van der Waals surface area contributed by atoms with Crippen LogP contribution in [0.2, 0.25) is 0 Å². The van der Waals surface area contributed by atoms with E-state index in [0.29, 0.717) is 17.5 Å². The minimum absolute atomic E-state index is 0. The highest BCUT2D eigenvalue weighted by Crippen LogP contribution is 2.26. The van der Waals surface area contributed by atoms with Gasteiger partial charge in [0.05, 0.1) is 40.1 Å². The molecule has 2 aliphatic rings. The number of likely N-dealkylation sites (tertiary alicyclic amines) is 1. The molecule has 0 aliphatic carbocycles. The number of aliphatic hydroxyl groups excluding tert-OH is 1. The third-order valence-electron chi connectivity index (χ3n) is 5.53. The molecular formula is C21H35IN4O4. The van der Waals surface area contributed by atoms with E-state index in [4.69, 9.17) is 19.2 Å². The molecule has 2 heterocycles. The second-order valence-electron chi connectivity index (χ2n) is 7.39. The van der Waals surface area contributed by atoms with Gasteiger partial charge in [0, 0.05) is 44.8 Å². The van der Waals surface area contributed by atoms with Crippen LogP contribution >= 0.6 is 24.0 Å². The molecule has 0 saturated carbocycles. The molecule has 30 heavy (non-hydrogen) atoms. The van der Waals surface area contributed by atoms with E-state index >= 15 is 0 Å². The number of aliphatic imine (C=N–C) groups is 1. The number of hydrogen-bond donors (Lipinski definition) is 2. The van der Waals surface area contributed by atoms with E-state index < -0.39 is 6.10 Å². The SMILES string of the molecule is CCNC(=NCC(O)c1cc(OC)cc(OC)c1)N1CCC(N2CCOCC2)C1.I. The summed E-state index contributed by atoms with van der Waals surface area (Å²) in [6.45, 7) is 8.70. The zero-order valence-corrected chi connectivity index (χ0v) is 20.5. The summed E-state index contributed by atoms with van der Waals surface area (Å²) < 4.78 is 16.1. The highest BCUT2D eigenvalue weighted by Gasteiger charge is 2.30. The summed E-state index contributed by atoms with van der Waals surface area (Å²) >= 11 is 0. The van der Waals surface area contributed by atoms with Crippen molar-refractivity contribution in [3.8, 4) is 11.5 Å². The number of halogens is 1. The molecule has 0 amide bonds. The Kier molecular flexibility index (Phi) is 10.4. The molecular weight excluding hydrogens is 499 g/mol. The molecule has 2 unspecified atom stereocenters. The fourth-order valence-corrected chi connectivity index (χ4v) is 3.90. The third-order valence-corrected chi connectivity index (χ3v) is 5.53. The molecule has 1 aromatic rings. The monoisotopic (exact) mass is 534 g/mol. The lowest BCUT2D eigenvalue weighted by atomic mass is 10.1. The number of rotatable bonds is 7. The number of nitrogens with zero attached hydrogens (tertiary/aromatic N) is 3. The molecule has 9 heteroatoms. The first-order valence-corrected chi connectivity index (χ1v) is 10.4. The number of aliphatic hydroxyl groups is 1. The summed E-state index contributed by atoms with van der Waals surface area (Å²) in [5, 5.41) is 14.1. The van der Waals surface area contributed by atoms with Gasteiger partial charge in [0.2, 0.25) is 0 Å². The van der Waals surface area contributed by atoms with Gasteiger partial charge in [0.25, 0.3) is 0 Å². The minimum Gasteiger partial charge on any atom is -0.497 e. The number of methoxy groups -OCH3 is 2. The van der Waals surface area contributed by atoms with Gasteiger partial charge in [-0.15, -0.1) is 24.0 Å². The van der Waals surface area contributed by atoms with E-state index in [1.165, 1.54) is 0 Å². The molecule has 2 atom stereocenters. The molecule has 8 nitrogen and oxygen atoms in total. The summed E-state index contributed by atoms with van der Waals surface area (Å²) in [6, 6.07) is 5.97. The van der Waals surface area contributed by atoms with Crippen LogP contribution in [-0.4, -0.2) is 93.6 Å². The van der Waals surface area contributed by atoms with E-state index in [0.717, 1.165) is 63.9 Å². The van der Waals surface area contributed by atoms with Crippen molar-refractivity contribution in [1.29, 1.82) is 0 Å². The Morgan fingerprint density at radius 1 is 1.20 bits per heavy atom. The molecule has 0 spiro atoms. The number of guanidine groups is 1. The van der Waals surface area contributed by atoms with Crippen molar-refractivity contribution in [3.63, 3.8) is 0 Å². The highest BCUT2D eigenvalue weighted by molar-refractivity contribution is 14.0. The molecule has 0 radical (unpaired) electrons. The maximum atomic E-state index is 10.7. The number of nitrogens with one attached hydrogen (secondary N) is 1. The minimum atomic E-state index is -0.731. The summed E-state index contributed by atoms with van der Waals surface area (Å²) in [7, 11) is 3.20. The topological polar surface area (TPSA) is 78.8 Å². The van der Waals surface area contributed by atoms with Crippen LogP contribution in [0.3, 0.4) is 0 Å². The van der Waals surface area contributed by atoms with Crippen molar-refractivity contribution in [2.24, 2.45) is 4.99 Å². The van der Waals surface area contributed by atoms with Crippen LogP contribution in [0.25, 0.3) is 0 Å². The predicted octanol–water partition coefficient (Wildman–Crippen LogP) is 1.73. The lowest BCUT2D eigenvalue weighted by Crippen LogP contribution is -2.46. The first-order chi connectivity index (χ1) is 14.1. The van der Waals surface area contributed by atoms with Crippen LogP contribution in [0.15, 0.2) is 23.2 Å². The van der Waals surface area contributed by atoms with Gasteiger partial charge < -0.3 is 29.5 Å². The maximum absolute atomic E-state index is 10.7. The van der Waals surface area contributed by atoms with Crippen molar-refractivity contribution in [3.05, 3.63) is 23.8 Å². The number of benzene rings is 1. The summed E-state index contributed by atoms with van der Waals surface area (Å²) in [5.74, 6) is 2.17. The lowest BCUT2D eigenvalue weighted by molar-refractivity contribution is 0.0194. The van der Waals surface area contributed by atoms with E-state index in [-0.39, 0.29) is 30.5 Å². The van der Waals surface area contributed by atoms with Crippen LogP contribution in [-0.2, 0) is 4.74 Å². The Balaban J connectivity index is 0.00000320. The average Bonchev–Trinajstić information content (AvgIpc) is 3.26. The van der Waals surface area contributed by atoms with Crippen molar-refractivity contribution >= 4 is 29.9 Å². The molecule has 2 aliphatic heterocycles. The van der Waals surface area contributed by atoms with Gasteiger partial charge in [-0.2, -0.15) is 0 Å². The van der Waals surface area contributed by atoms with Crippen LogP contribution in [0, 0.1) is 0 Å². The molecule has 170 valence electrons. The highest BCUT2D eigenvalue weighted by atomic mass is 127. The average molecular weight is 534 g/mol. The van der Waals surface area contributed by atoms with Crippen LogP contribution in [0.4, 0.5) is 0 Å². The summed E-state index contributed by atoms with van der Waals surface area (Å²) in [4.78, 5) is 9.53. The summed E-state index contributed by atoms with van der Waals surface area (Å²) in [5.41, 5.74) is 0.730. The fraction of sp³-hybridized carbons (Fsp3) is 0.667. The third kappa shape index (κ3) is 6.60. The maximum Gasteiger partial charge on any atom is 0.194 e. The molecule has 1 aromatic carbocycles. The number of ether oxygens (including phenoxy) is 3. The Morgan fingerprint density at radius 2 is 1.87 bits per heavy atom. The van der Waals surface area contributed by atoms with Gasteiger partial charge >= 0.3 is 0 Å². The smallest absolute Gasteiger partial charge is 0.194 e. The Morgan fingerprint density at radius 3 is 2.47 bits per heavy atom. The quantitative estimate of drug-likeness (QED) is 0.314. The first kappa shape index (κ1) is 25.0. The van der Waals surface area contributed by atoms with Crippen LogP contribution < -0.4 is 14.8 Å². The van der Waals surface area contributed by atoms with E-state index in [9.17, 15) is 5.11 Å². The van der Waals surface area contributed by atoms with E-state index in [1.807, 2.05) is 12.1 Å². The standard InChI is InChI=1S/C21H34N4O4.HI/c1-4-22-21(25-6-5-17(15-25)24-7-9-29-10-8-24)23-14-20(26)16-11-18(27-2)13-19(12-16)28-3;/h11-13,17,20,26H,4-10,14-15H2,1-3H3,(H,22,23);1H. The van der Waals surface area contributed by atoms with Crippen LogP contribution in [0.1, 0.15) is 25.0 Å². The van der Waals surface area contributed by atoms with Gasteiger partial charge in [-0.1, -0.05) is 0 Å². The van der Waals surface area contributed by atoms with Gasteiger partial charge in [0.1, 0.15) is 11.5 Å². The van der Waals surface area contributed by atoms with Gasteiger partial charge in [-0.3, -0.25) is 9.89 Å². The summed E-state index contributed by atoms with van der Waals surface area (Å²) in [6.07, 6.45) is 0.394. The van der Waals surface area contributed by atoms with Crippen LogP contribution in [0.5, 0.6) is 11.5 Å². The number of morpholine rings is 1. The van der Waals surface area contributed by atoms with Crippen molar-refractivity contribution in [1.82, 2.24) is 15.1 Å². The zero-order valence-electron chi connectivity index (χ0n) is 18.2. The molecule has 0 bridgehead atoms. The Labute approximate surface area is 196 Å². The fourth-order valence-electron chi connectivity index (χ4n) is 3.90. The number of hydrogen-bond acceptors (Lipinski definition) is 6. The molecule has 2 fully saturated rings. The second kappa shape index (κ2) is 12.5.